The highest BCUT2D eigenvalue weighted by atomic mass is 35.5. The van der Waals surface area contributed by atoms with Crippen molar-refractivity contribution in [2.45, 2.75) is 0 Å². The van der Waals surface area contributed by atoms with E-state index in [2.05, 4.69) is 5.32 Å². The van der Waals surface area contributed by atoms with Crippen molar-refractivity contribution < 1.29 is 9.72 Å². The van der Waals surface area contributed by atoms with E-state index in [0.29, 0.717) is 24.9 Å². The lowest BCUT2D eigenvalue weighted by molar-refractivity contribution is -0.385. The normalized spacial score (nSPS) is 23.6. The van der Waals surface area contributed by atoms with Gasteiger partial charge in [0.25, 0.3) is 5.91 Å². The molecular formula is C13H15Cl2N3O3. The first-order chi connectivity index (χ1) is 9.58. The molecule has 1 N–H and O–H groups in total. The third-order valence-corrected chi connectivity index (χ3v) is 4.38. The predicted molar refractivity (Wildman–Crippen MR) is 81.1 cm³/mol. The van der Waals surface area contributed by atoms with Crippen LogP contribution < -0.4 is 5.32 Å². The van der Waals surface area contributed by atoms with E-state index < -0.39 is 4.92 Å². The van der Waals surface area contributed by atoms with Crippen molar-refractivity contribution in [1.82, 2.24) is 10.2 Å². The van der Waals surface area contributed by atoms with Crippen LogP contribution in [-0.2, 0) is 0 Å². The Morgan fingerprint density at radius 1 is 1.33 bits per heavy atom. The molecule has 1 aromatic carbocycles. The Morgan fingerprint density at radius 2 is 1.95 bits per heavy atom. The molecule has 8 heteroatoms. The molecule has 0 bridgehead atoms. The number of nitrogens with one attached hydrogen (secondary N) is 1. The Bertz CT molecular complexity index is 570. The molecule has 114 valence electrons. The predicted octanol–water partition coefficient (Wildman–Crippen LogP) is 1.96. The molecule has 6 nitrogen and oxygen atoms in total. The van der Waals surface area contributed by atoms with E-state index in [1.165, 1.54) is 12.1 Å². The summed E-state index contributed by atoms with van der Waals surface area (Å²) < 4.78 is 0. The van der Waals surface area contributed by atoms with Gasteiger partial charge in [-0.2, -0.15) is 0 Å². The van der Waals surface area contributed by atoms with Crippen molar-refractivity contribution in [3.63, 3.8) is 0 Å². The smallest absolute Gasteiger partial charge is 0.300 e. The van der Waals surface area contributed by atoms with Crippen molar-refractivity contribution in [2.75, 3.05) is 26.2 Å². The van der Waals surface area contributed by atoms with Crippen molar-refractivity contribution in [1.29, 1.82) is 0 Å². The summed E-state index contributed by atoms with van der Waals surface area (Å²) in [6, 6.07) is 4.47. The zero-order valence-electron chi connectivity index (χ0n) is 11.1. The minimum Gasteiger partial charge on any atom is -0.338 e. The van der Waals surface area contributed by atoms with Crippen LogP contribution in [0.5, 0.6) is 0 Å². The van der Waals surface area contributed by atoms with Gasteiger partial charge >= 0.3 is 5.69 Å². The van der Waals surface area contributed by atoms with Crippen LogP contribution >= 0.6 is 24.0 Å². The summed E-state index contributed by atoms with van der Waals surface area (Å²) in [7, 11) is 0. The maximum Gasteiger partial charge on any atom is 0.300 e. The lowest BCUT2D eigenvalue weighted by atomic mass is 10.0. The average molecular weight is 332 g/mol. The largest absolute Gasteiger partial charge is 0.338 e. The van der Waals surface area contributed by atoms with Crippen molar-refractivity contribution in [3.8, 4) is 0 Å². The first kappa shape index (κ1) is 16.0. The monoisotopic (exact) mass is 331 g/mol. The average Bonchev–Trinajstić information content (AvgIpc) is 2.97. The van der Waals surface area contributed by atoms with Gasteiger partial charge < -0.3 is 10.2 Å². The van der Waals surface area contributed by atoms with Gasteiger partial charge in [0, 0.05) is 26.2 Å². The molecule has 0 unspecified atom stereocenters. The van der Waals surface area contributed by atoms with E-state index >= 15 is 0 Å². The van der Waals surface area contributed by atoms with E-state index in [0.717, 1.165) is 13.1 Å². The number of hydrogen-bond donors (Lipinski definition) is 1. The van der Waals surface area contributed by atoms with E-state index in [1.807, 2.05) is 0 Å². The van der Waals surface area contributed by atoms with E-state index in [1.54, 1.807) is 11.0 Å². The molecule has 2 fully saturated rings. The van der Waals surface area contributed by atoms with Crippen LogP contribution in [0.2, 0.25) is 5.02 Å². The number of para-hydroxylation sites is 1. The van der Waals surface area contributed by atoms with Gasteiger partial charge in [-0.3, -0.25) is 14.9 Å². The summed E-state index contributed by atoms with van der Waals surface area (Å²) in [6.07, 6.45) is 0. The summed E-state index contributed by atoms with van der Waals surface area (Å²) in [5.74, 6) is 0.614. The fourth-order valence-corrected chi connectivity index (χ4v) is 3.31. The van der Waals surface area contributed by atoms with Crippen LogP contribution in [-0.4, -0.2) is 41.9 Å². The van der Waals surface area contributed by atoms with Crippen LogP contribution in [0.25, 0.3) is 0 Å². The third kappa shape index (κ3) is 2.84. The van der Waals surface area contributed by atoms with Gasteiger partial charge in [-0.15, -0.1) is 12.4 Å². The molecule has 0 radical (unpaired) electrons. The maximum atomic E-state index is 12.5. The molecule has 0 aromatic heterocycles. The number of hydrogen-bond acceptors (Lipinski definition) is 4. The number of nitro benzene ring substituents is 1. The maximum absolute atomic E-state index is 12.5. The highest BCUT2D eigenvalue weighted by Crippen LogP contribution is 2.32. The minimum absolute atomic E-state index is 0. The highest BCUT2D eigenvalue weighted by Gasteiger charge is 2.39. The fraction of sp³-hybridized carbons (Fsp3) is 0.462. The Hall–Kier alpha value is -1.37. The van der Waals surface area contributed by atoms with Gasteiger partial charge in [0.05, 0.1) is 4.92 Å². The van der Waals surface area contributed by atoms with Crippen LogP contribution in [0, 0.1) is 22.0 Å². The second kappa shape index (κ2) is 6.17. The van der Waals surface area contributed by atoms with Gasteiger partial charge in [0.2, 0.25) is 0 Å². The van der Waals surface area contributed by atoms with Crippen LogP contribution in [0.3, 0.4) is 0 Å². The molecule has 0 aliphatic carbocycles. The zero-order valence-corrected chi connectivity index (χ0v) is 12.7. The van der Waals surface area contributed by atoms with Gasteiger partial charge in [-0.1, -0.05) is 17.7 Å². The van der Waals surface area contributed by atoms with Crippen molar-refractivity contribution in [2.24, 2.45) is 11.8 Å². The van der Waals surface area contributed by atoms with Gasteiger partial charge in [-0.05, 0) is 24.0 Å². The molecule has 2 aliphatic rings. The number of carbonyl (C=O) groups excluding carboxylic acids is 1. The molecule has 2 saturated heterocycles. The quantitative estimate of drug-likeness (QED) is 0.664. The Morgan fingerprint density at radius 3 is 2.52 bits per heavy atom. The number of halogens is 2. The fourth-order valence-electron chi connectivity index (χ4n) is 3.07. The molecule has 0 saturated carbocycles. The SMILES string of the molecule is Cl.O=C(c1cccc(Cl)c1[N+](=O)[O-])N1C[C@H]2CNC[C@H]2C1. The number of fused-ring (bicyclic) bond motifs is 1. The summed E-state index contributed by atoms with van der Waals surface area (Å²) in [5, 5.41) is 14.4. The molecule has 2 atom stereocenters. The minimum atomic E-state index is -0.589. The first-order valence-electron chi connectivity index (χ1n) is 6.51. The molecule has 1 aromatic rings. The van der Waals surface area contributed by atoms with Crippen molar-refractivity contribution >= 4 is 35.6 Å². The van der Waals surface area contributed by atoms with Gasteiger partial charge in [-0.25, -0.2) is 0 Å². The van der Waals surface area contributed by atoms with Crippen LogP contribution in [0.1, 0.15) is 10.4 Å². The molecule has 0 spiro atoms. The van der Waals surface area contributed by atoms with Gasteiger partial charge in [0.1, 0.15) is 10.6 Å². The standard InChI is InChI=1S/C13H14ClN3O3.ClH/c14-11-3-1-2-10(12(11)17(19)20)13(18)16-6-8-4-15-5-9(8)7-16;/h1-3,8-9,15H,4-7H2;1H/t8-,9+;. The zero-order chi connectivity index (χ0) is 14.3. The van der Waals surface area contributed by atoms with E-state index in [9.17, 15) is 14.9 Å². The number of carbonyl (C=O) groups is 1. The first-order valence-corrected chi connectivity index (χ1v) is 6.88. The topological polar surface area (TPSA) is 75.5 Å². The van der Waals surface area contributed by atoms with Crippen LogP contribution in [0.4, 0.5) is 5.69 Å². The molecule has 3 rings (SSSR count). The van der Waals surface area contributed by atoms with Gasteiger partial charge in [0.15, 0.2) is 0 Å². The lowest BCUT2D eigenvalue weighted by Crippen LogP contribution is -2.32. The summed E-state index contributed by atoms with van der Waals surface area (Å²) in [4.78, 5) is 24.7. The van der Waals surface area contributed by atoms with E-state index in [4.69, 9.17) is 11.6 Å². The third-order valence-electron chi connectivity index (χ3n) is 4.08. The molecule has 2 heterocycles. The Balaban J connectivity index is 0.00000161. The molecular weight excluding hydrogens is 317 g/mol. The Labute approximate surface area is 133 Å². The number of rotatable bonds is 2. The molecule has 21 heavy (non-hydrogen) atoms. The number of amides is 1. The summed E-state index contributed by atoms with van der Waals surface area (Å²) >= 11 is 5.85. The highest BCUT2D eigenvalue weighted by molar-refractivity contribution is 6.33. The second-order valence-electron chi connectivity index (χ2n) is 5.28. The van der Waals surface area contributed by atoms with Crippen molar-refractivity contribution in [3.05, 3.63) is 38.9 Å². The lowest BCUT2D eigenvalue weighted by Gasteiger charge is -2.17. The number of nitro groups is 1. The number of likely N-dealkylation sites (tertiary alicyclic amines) is 1. The molecule has 1 amide bonds. The summed E-state index contributed by atoms with van der Waals surface area (Å²) in [6.45, 7) is 3.12. The summed E-state index contributed by atoms with van der Waals surface area (Å²) in [5.41, 5.74) is -0.218. The number of nitrogens with zero attached hydrogens (tertiary/aromatic N) is 2. The van der Waals surface area contributed by atoms with Crippen LogP contribution in [0.15, 0.2) is 18.2 Å². The Kier molecular flexibility index (Phi) is 4.70. The molecule has 2 aliphatic heterocycles. The number of benzene rings is 1. The second-order valence-corrected chi connectivity index (χ2v) is 5.69. The van der Waals surface area contributed by atoms with E-state index in [-0.39, 0.29) is 34.6 Å².